The Labute approximate surface area is 231 Å². The predicted molar refractivity (Wildman–Crippen MR) is 152 cm³/mol. The number of halogens is 2. The van der Waals surface area contributed by atoms with Crippen LogP contribution in [0.2, 0.25) is 10.0 Å². The predicted octanol–water partition coefficient (Wildman–Crippen LogP) is 6.41. The lowest BCUT2D eigenvalue weighted by molar-refractivity contribution is -0.116. The smallest absolute Gasteiger partial charge is 0.244 e. The molecule has 37 heavy (non-hydrogen) atoms. The fraction of sp³-hybridized carbons (Fsp3) is 0.179. The maximum Gasteiger partial charge on any atom is 0.244 e. The van der Waals surface area contributed by atoms with Gasteiger partial charge >= 0.3 is 0 Å². The summed E-state index contributed by atoms with van der Waals surface area (Å²) in [6, 6.07) is 22.4. The Morgan fingerprint density at radius 1 is 1.05 bits per heavy atom. The first-order valence-corrected chi connectivity index (χ1v) is 13.0. The van der Waals surface area contributed by atoms with E-state index in [4.69, 9.17) is 35.4 Å². The number of amides is 1. The van der Waals surface area contributed by atoms with Crippen molar-refractivity contribution in [3.8, 4) is 5.69 Å². The van der Waals surface area contributed by atoms with Gasteiger partial charge in [-0.3, -0.25) is 9.78 Å². The number of nitrogens with one attached hydrogen (secondary N) is 2. The van der Waals surface area contributed by atoms with Crippen LogP contribution in [0.4, 0.5) is 5.69 Å². The first-order chi connectivity index (χ1) is 17.8. The molecule has 0 unspecified atom stereocenters. The summed E-state index contributed by atoms with van der Waals surface area (Å²) in [6.07, 6.45) is 1.76. The van der Waals surface area contributed by atoms with E-state index in [1.807, 2.05) is 79.4 Å². The molecule has 6 nitrogen and oxygen atoms in total. The molecule has 1 aliphatic heterocycles. The van der Waals surface area contributed by atoms with Gasteiger partial charge in [-0.1, -0.05) is 53.5 Å². The molecule has 0 radical (unpaired) electrons. The van der Waals surface area contributed by atoms with Crippen molar-refractivity contribution in [1.29, 1.82) is 0 Å². The number of carbonyl (C=O) groups excluding carboxylic acids is 1. The number of hydrogen-bond donors (Lipinski definition) is 2. The van der Waals surface area contributed by atoms with Crippen LogP contribution in [0.25, 0.3) is 5.69 Å². The van der Waals surface area contributed by atoms with Crippen LogP contribution in [-0.4, -0.2) is 32.0 Å². The summed E-state index contributed by atoms with van der Waals surface area (Å²) >= 11 is 18.7. The maximum absolute atomic E-state index is 13.1. The van der Waals surface area contributed by atoms with E-state index < -0.39 is 0 Å². The molecule has 0 spiro atoms. The molecule has 188 valence electrons. The Kier molecular flexibility index (Phi) is 7.20. The molecule has 1 aliphatic rings. The molecule has 2 atom stereocenters. The van der Waals surface area contributed by atoms with Crippen LogP contribution in [0.3, 0.4) is 0 Å². The van der Waals surface area contributed by atoms with Gasteiger partial charge in [0.1, 0.15) is 6.54 Å². The van der Waals surface area contributed by atoms with Gasteiger partial charge in [-0.2, -0.15) is 0 Å². The van der Waals surface area contributed by atoms with E-state index in [1.54, 1.807) is 12.3 Å². The standard InChI is InChI=1S/C28H25Cl2N5OS/c1-17-15-20(18(2)35(17)23-13-8-11-21(29)25(23)30)27-26(22-12-6-7-14-31-22)33-28(37)34(27)16-24(36)32-19-9-4-3-5-10-19/h3-15,26-27H,16H2,1-2H3,(H,32,36)(H,33,37)/t26-,27+/m0/s1. The van der Waals surface area contributed by atoms with Gasteiger partial charge in [0.05, 0.1) is 33.5 Å². The average molecular weight is 551 g/mol. The number of nitrogens with zero attached hydrogens (tertiary/aromatic N) is 3. The number of thiocarbonyl (C=S) groups is 1. The van der Waals surface area contributed by atoms with Crippen molar-refractivity contribution in [2.75, 3.05) is 11.9 Å². The Balaban J connectivity index is 1.56. The van der Waals surface area contributed by atoms with E-state index in [0.29, 0.717) is 15.2 Å². The van der Waals surface area contributed by atoms with Crippen LogP contribution in [0.5, 0.6) is 0 Å². The maximum atomic E-state index is 13.1. The highest BCUT2D eigenvalue weighted by Crippen LogP contribution is 2.42. The summed E-state index contributed by atoms with van der Waals surface area (Å²) in [5.74, 6) is -0.159. The molecule has 3 heterocycles. The van der Waals surface area contributed by atoms with E-state index in [0.717, 1.165) is 34.0 Å². The van der Waals surface area contributed by atoms with E-state index in [1.165, 1.54) is 0 Å². The van der Waals surface area contributed by atoms with Gasteiger partial charge in [0.15, 0.2) is 5.11 Å². The van der Waals surface area contributed by atoms with Crippen molar-refractivity contribution in [2.45, 2.75) is 25.9 Å². The van der Waals surface area contributed by atoms with Gasteiger partial charge in [0, 0.05) is 23.3 Å². The van der Waals surface area contributed by atoms with Gasteiger partial charge in [0.25, 0.3) is 0 Å². The fourth-order valence-electron chi connectivity index (χ4n) is 4.91. The molecule has 5 rings (SSSR count). The van der Waals surface area contributed by atoms with E-state index in [9.17, 15) is 4.79 Å². The second-order valence-corrected chi connectivity index (χ2v) is 10.1. The van der Waals surface area contributed by atoms with Crippen molar-refractivity contribution in [1.82, 2.24) is 19.8 Å². The highest BCUT2D eigenvalue weighted by atomic mass is 35.5. The third kappa shape index (κ3) is 4.94. The molecule has 1 amide bonds. The summed E-state index contributed by atoms with van der Waals surface area (Å²) in [4.78, 5) is 19.6. The van der Waals surface area contributed by atoms with Gasteiger partial charge in [-0.25, -0.2) is 0 Å². The first-order valence-electron chi connectivity index (χ1n) is 11.8. The molecule has 2 aromatic heterocycles. The Hall–Kier alpha value is -3.39. The third-order valence-electron chi connectivity index (χ3n) is 6.53. The zero-order valence-corrected chi connectivity index (χ0v) is 22.6. The minimum absolute atomic E-state index is 0.0797. The largest absolute Gasteiger partial charge is 0.352 e. The molecular formula is C28H25Cl2N5OS. The van der Waals surface area contributed by atoms with Crippen molar-refractivity contribution in [3.05, 3.63) is 112 Å². The third-order valence-corrected chi connectivity index (χ3v) is 7.69. The van der Waals surface area contributed by atoms with Crippen molar-refractivity contribution in [3.63, 3.8) is 0 Å². The minimum Gasteiger partial charge on any atom is -0.352 e. The molecule has 2 aromatic carbocycles. The molecule has 1 fully saturated rings. The van der Waals surface area contributed by atoms with Crippen molar-refractivity contribution < 1.29 is 4.79 Å². The Bertz CT molecular complexity index is 1460. The lowest BCUT2D eigenvalue weighted by atomic mass is 9.96. The molecule has 2 N–H and O–H groups in total. The average Bonchev–Trinajstić information content (AvgIpc) is 3.36. The summed E-state index contributed by atoms with van der Waals surface area (Å²) in [5, 5.41) is 7.85. The van der Waals surface area contributed by atoms with Gasteiger partial charge in [-0.15, -0.1) is 0 Å². The van der Waals surface area contributed by atoms with Crippen LogP contribution in [-0.2, 0) is 4.79 Å². The van der Waals surface area contributed by atoms with Crippen LogP contribution in [0.1, 0.15) is 34.7 Å². The quantitative estimate of drug-likeness (QED) is 0.272. The van der Waals surface area contributed by atoms with Crippen molar-refractivity contribution in [2.24, 2.45) is 0 Å². The number of anilines is 1. The zero-order valence-electron chi connectivity index (χ0n) is 20.3. The lowest BCUT2D eigenvalue weighted by Gasteiger charge is -2.27. The molecule has 0 bridgehead atoms. The highest BCUT2D eigenvalue weighted by molar-refractivity contribution is 7.80. The summed E-state index contributed by atoms with van der Waals surface area (Å²) in [7, 11) is 0. The number of benzene rings is 2. The molecule has 0 saturated carbocycles. The van der Waals surface area contributed by atoms with Crippen LogP contribution >= 0.6 is 35.4 Å². The summed E-state index contributed by atoms with van der Waals surface area (Å²) in [6.45, 7) is 4.14. The minimum atomic E-state index is -0.276. The van der Waals surface area contributed by atoms with Gasteiger partial charge < -0.3 is 20.1 Å². The van der Waals surface area contributed by atoms with Crippen LogP contribution in [0, 0.1) is 13.8 Å². The normalized spacial score (nSPS) is 17.1. The monoisotopic (exact) mass is 549 g/mol. The van der Waals surface area contributed by atoms with Crippen LogP contribution < -0.4 is 10.6 Å². The number of hydrogen-bond acceptors (Lipinski definition) is 3. The number of rotatable bonds is 6. The lowest BCUT2D eigenvalue weighted by Crippen LogP contribution is -2.37. The zero-order chi connectivity index (χ0) is 26.1. The van der Waals surface area contributed by atoms with Crippen molar-refractivity contribution >= 4 is 52.1 Å². The molecule has 0 aliphatic carbocycles. The molecular weight excluding hydrogens is 525 g/mol. The Morgan fingerprint density at radius 3 is 2.54 bits per heavy atom. The molecule has 9 heteroatoms. The number of para-hydroxylation sites is 1. The van der Waals surface area contributed by atoms with E-state index in [2.05, 4.69) is 26.3 Å². The van der Waals surface area contributed by atoms with Crippen LogP contribution in [0.15, 0.2) is 79.0 Å². The van der Waals surface area contributed by atoms with Gasteiger partial charge in [0.2, 0.25) is 5.91 Å². The molecule has 4 aromatic rings. The summed E-state index contributed by atoms with van der Waals surface area (Å²) in [5.41, 5.74) is 5.36. The first kappa shape index (κ1) is 25.3. The van der Waals surface area contributed by atoms with E-state index >= 15 is 0 Å². The number of carbonyl (C=O) groups is 1. The Morgan fingerprint density at radius 2 is 1.81 bits per heavy atom. The van der Waals surface area contributed by atoms with E-state index in [-0.39, 0.29) is 24.5 Å². The molecule has 1 saturated heterocycles. The van der Waals surface area contributed by atoms with Gasteiger partial charge in [-0.05, 0) is 74.1 Å². The topological polar surface area (TPSA) is 62.2 Å². The second kappa shape index (κ2) is 10.5. The summed E-state index contributed by atoms with van der Waals surface area (Å²) < 4.78 is 2.09. The fourth-order valence-corrected chi connectivity index (χ4v) is 5.60. The highest BCUT2D eigenvalue weighted by Gasteiger charge is 2.42. The second-order valence-electron chi connectivity index (χ2n) is 8.90. The SMILES string of the molecule is Cc1cc([C@@H]2[C@H](c3ccccn3)NC(=S)N2CC(=O)Nc2ccccc2)c(C)n1-c1cccc(Cl)c1Cl. The number of aryl methyl sites for hydroxylation is 1. The number of pyridine rings is 1. The number of aromatic nitrogens is 2.